The van der Waals surface area contributed by atoms with E-state index in [1.165, 1.54) is 10.9 Å². The van der Waals surface area contributed by atoms with Gasteiger partial charge < -0.3 is 5.11 Å². The molecular formula is C14H14F2N2O2. The molecule has 0 aliphatic carbocycles. The first-order valence-corrected chi connectivity index (χ1v) is 6.06. The fraction of sp³-hybridized carbons (Fsp3) is 0.286. The van der Waals surface area contributed by atoms with Crippen LogP contribution in [-0.2, 0) is 6.54 Å². The molecule has 0 aliphatic rings. The predicted molar refractivity (Wildman–Crippen MR) is 69.3 cm³/mol. The largest absolute Gasteiger partial charge is 0.386 e. The van der Waals surface area contributed by atoms with E-state index in [0.29, 0.717) is 11.3 Å². The molecule has 2 aromatic rings. The summed E-state index contributed by atoms with van der Waals surface area (Å²) >= 11 is 0. The summed E-state index contributed by atoms with van der Waals surface area (Å²) in [5, 5.41) is 9.97. The molecule has 1 heterocycles. The molecule has 1 aromatic heterocycles. The quantitative estimate of drug-likeness (QED) is 0.934. The molecule has 0 saturated heterocycles. The molecule has 6 heteroatoms. The van der Waals surface area contributed by atoms with Crippen LogP contribution in [0.5, 0.6) is 0 Å². The van der Waals surface area contributed by atoms with Crippen molar-refractivity contribution in [3.05, 3.63) is 63.3 Å². The molecule has 1 atom stereocenters. The van der Waals surface area contributed by atoms with Gasteiger partial charge in [-0.1, -0.05) is 0 Å². The maximum absolute atomic E-state index is 13.5. The smallest absolute Gasteiger partial charge is 0.256 e. The first-order valence-electron chi connectivity index (χ1n) is 6.06. The van der Waals surface area contributed by atoms with E-state index in [9.17, 15) is 18.7 Å². The molecule has 0 amide bonds. The molecule has 1 aromatic carbocycles. The van der Waals surface area contributed by atoms with Crippen LogP contribution < -0.4 is 5.56 Å². The number of halogens is 2. The highest BCUT2D eigenvalue weighted by atomic mass is 19.1. The van der Waals surface area contributed by atoms with Gasteiger partial charge in [0, 0.05) is 16.8 Å². The Hall–Kier alpha value is -2.08. The third-order valence-corrected chi connectivity index (χ3v) is 3.20. The zero-order chi connectivity index (χ0) is 14.9. The van der Waals surface area contributed by atoms with Crippen LogP contribution in [0.25, 0.3) is 0 Å². The highest BCUT2D eigenvalue weighted by molar-refractivity contribution is 5.21. The van der Waals surface area contributed by atoms with Crippen molar-refractivity contribution in [2.75, 3.05) is 0 Å². The van der Waals surface area contributed by atoms with Gasteiger partial charge in [0.15, 0.2) is 0 Å². The molecule has 0 saturated carbocycles. The predicted octanol–water partition coefficient (Wildman–Crippen LogP) is 1.87. The van der Waals surface area contributed by atoms with E-state index in [4.69, 9.17) is 0 Å². The van der Waals surface area contributed by atoms with Crippen molar-refractivity contribution in [3.63, 3.8) is 0 Å². The second-order valence-corrected chi connectivity index (χ2v) is 4.59. The Labute approximate surface area is 114 Å². The molecule has 0 radical (unpaired) electrons. The Bertz CT molecular complexity index is 698. The number of aliphatic hydroxyl groups is 1. The summed E-state index contributed by atoms with van der Waals surface area (Å²) in [6, 6.07) is 2.82. The number of aliphatic hydroxyl groups excluding tert-OH is 1. The molecule has 0 aliphatic heterocycles. The molecule has 1 N–H and O–H groups in total. The highest BCUT2D eigenvalue weighted by Crippen LogP contribution is 2.19. The minimum absolute atomic E-state index is 0.185. The third kappa shape index (κ3) is 2.75. The summed E-state index contributed by atoms with van der Waals surface area (Å²) in [6.45, 7) is 3.13. The number of rotatable bonds is 3. The lowest BCUT2D eigenvalue weighted by Gasteiger charge is -2.14. The molecule has 2 rings (SSSR count). The number of aryl methyl sites for hydroxylation is 1. The van der Waals surface area contributed by atoms with Gasteiger partial charge in [-0.2, -0.15) is 0 Å². The van der Waals surface area contributed by atoms with Crippen LogP contribution in [-0.4, -0.2) is 14.7 Å². The van der Waals surface area contributed by atoms with Gasteiger partial charge >= 0.3 is 0 Å². The molecule has 20 heavy (non-hydrogen) atoms. The Balaban J connectivity index is 2.33. The highest BCUT2D eigenvalue weighted by Gasteiger charge is 2.16. The maximum atomic E-state index is 13.5. The van der Waals surface area contributed by atoms with Gasteiger partial charge in [-0.15, -0.1) is 0 Å². The zero-order valence-electron chi connectivity index (χ0n) is 11.1. The number of nitrogens with zero attached hydrogens (tertiary/aromatic N) is 2. The summed E-state index contributed by atoms with van der Waals surface area (Å²) in [5.74, 6) is -1.37. The monoisotopic (exact) mass is 280 g/mol. The van der Waals surface area contributed by atoms with Crippen molar-refractivity contribution in [3.8, 4) is 0 Å². The number of aromatic nitrogens is 2. The van der Waals surface area contributed by atoms with Crippen LogP contribution in [0.4, 0.5) is 8.78 Å². The molecule has 0 spiro atoms. The van der Waals surface area contributed by atoms with E-state index in [1.807, 2.05) is 0 Å². The summed E-state index contributed by atoms with van der Waals surface area (Å²) in [6.07, 6.45) is -0.0437. The average Bonchev–Trinajstić information content (AvgIpc) is 2.42. The molecule has 106 valence electrons. The lowest BCUT2D eigenvalue weighted by atomic mass is 10.1. The number of hydrogen-bond acceptors (Lipinski definition) is 3. The fourth-order valence-electron chi connectivity index (χ4n) is 1.86. The topological polar surface area (TPSA) is 55.1 Å². The van der Waals surface area contributed by atoms with E-state index in [-0.39, 0.29) is 17.7 Å². The summed E-state index contributed by atoms with van der Waals surface area (Å²) in [4.78, 5) is 16.0. The number of hydrogen-bond donors (Lipinski definition) is 1. The summed E-state index contributed by atoms with van der Waals surface area (Å²) < 4.78 is 27.8. The van der Waals surface area contributed by atoms with Crippen LogP contribution in [0.3, 0.4) is 0 Å². The van der Waals surface area contributed by atoms with E-state index in [0.717, 1.165) is 18.2 Å². The summed E-state index contributed by atoms with van der Waals surface area (Å²) in [7, 11) is 0. The van der Waals surface area contributed by atoms with Crippen molar-refractivity contribution >= 4 is 0 Å². The van der Waals surface area contributed by atoms with Crippen LogP contribution in [0, 0.1) is 25.5 Å². The van der Waals surface area contributed by atoms with E-state index >= 15 is 0 Å². The Morgan fingerprint density at radius 2 is 2.05 bits per heavy atom. The van der Waals surface area contributed by atoms with Gasteiger partial charge in [0.2, 0.25) is 0 Å². The van der Waals surface area contributed by atoms with Crippen LogP contribution >= 0.6 is 0 Å². The number of benzene rings is 1. The van der Waals surface area contributed by atoms with Crippen molar-refractivity contribution in [1.82, 2.24) is 9.55 Å². The van der Waals surface area contributed by atoms with Crippen molar-refractivity contribution in [2.24, 2.45) is 0 Å². The Morgan fingerprint density at radius 3 is 2.75 bits per heavy atom. The van der Waals surface area contributed by atoms with Gasteiger partial charge in [-0.3, -0.25) is 9.36 Å². The van der Waals surface area contributed by atoms with Crippen LogP contribution in [0.2, 0.25) is 0 Å². The fourth-order valence-corrected chi connectivity index (χ4v) is 1.86. The SMILES string of the molecule is Cc1ncn(CC(O)c2cc(F)ccc2F)c(=O)c1C. The van der Waals surface area contributed by atoms with E-state index < -0.39 is 17.7 Å². The normalized spacial score (nSPS) is 12.4. The Morgan fingerprint density at radius 1 is 1.35 bits per heavy atom. The van der Waals surface area contributed by atoms with Gasteiger partial charge in [0.1, 0.15) is 11.6 Å². The molecule has 4 nitrogen and oxygen atoms in total. The first-order chi connectivity index (χ1) is 9.40. The van der Waals surface area contributed by atoms with Gasteiger partial charge in [-0.25, -0.2) is 13.8 Å². The molecule has 0 bridgehead atoms. The van der Waals surface area contributed by atoms with Crippen molar-refractivity contribution in [2.45, 2.75) is 26.5 Å². The average molecular weight is 280 g/mol. The lowest BCUT2D eigenvalue weighted by molar-refractivity contribution is 0.149. The molecule has 0 fully saturated rings. The Kier molecular flexibility index (Phi) is 3.94. The minimum Gasteiger partial charge on any atom is -0.386 e. The van der Waals surface area contributed by atoms with Crippen molar-refractivity contribution < 1.29 is 13.9 Å². The van der Waals surface area contributed by atoms with Gasteiger partial charge in [0.05, 0.1) is 19.0 Å². The van der Waals surface area contributed by atoms with Crippen LogP contribution in [0.1, 0.15) is 22.9 Å². The van der Waals surface area contributed by atoms with E-state index in [1.54, 1.807) is 13.8 Å². The lowest BCUT2D eigenvalue weighted by Crippen LogP contribution is -2.26. The maximum Gasteiger partial charge on any atom is 0.256 e. The van der Waals surface area contributed by atoms with Gasteiger partial charge in [-0.05, 0) is 32.0 Å². The van der Waals surface area contributed by atoms with Gasteiger partial charge in [0.25, 0.3) is 5.56 Å². The second-order valence-electron chi connectivity index (χ2n) is 4.59. The standard InChI is InChI=1S/C14H14F2N2O2/c1-8-9(2)17-7-18(14(8)20)6-13(19)11-5-10(15)3-4-12(11)16/h3-5,7,13,19H,6H2,1-2H3. The van der Waals surface area contributed by atoms with Crippen LogP contribution in [0.15, 0.2) is 29.3 Å². The third-order valence-electron chi connectivity index (χ3n) is 3.20. The molecular weight excluding hydrogens is 266 g/mol. The van der Waals surface area contributed by atoms with Crippen molar-refractivity contribution in [1.29, 1.82) is 0 Å². The second kappa shape index (κ2) is 5.50. The van der Waals surface area contributed by atoms with E-state index in [2.05, 4.69) is 4.98 Å². The first kappa shape index (κ1) is 14.3. The molecule has 1 unspecified atom stereocenters. The summed E-state index contributed by atoms with van der Waals surface area (Å²) in [5.41, 5.74) is 0.556. The zero-order valence-corrected chi connectivity index (χ0v) is 11.1. The minimum atomic E-state index is -1.33.